The van der Waals surface area contributed by atoms with Crippen LogP contribution in [-0.4, -0.2) is 40.1 Å². The van der Waals surface area contributed by atoms with Crippen LogP contribution >= 0.6 is 35.7 Å². The van der Waals surface area contributed by atoms with Crippen LogP contribution in [0.4, 0.5) is 0 Å². The summed E-state index contributed by atoms with van der Waals surface area (Å²) in [6, 6.07) is 8.52. The second kappa shape index (κ2) is 13.8. The van der Waals surface area contributed by atoms with Crippen molar-refractivity contribution in [2.75, 3.05) is 19.3 Å². The topological polar surface area (TPSA) is 67.1 Å². The van der Waals surface area contributed by atoms with Gasteiger partial charge in [0.05, 0.1) is 6.54 Å². The highest BCUT2D eigenvalue weighted by atomic mass is 127. The van der Waals surface area contributed by atoms with Crippen molar-refractivity contribution < 1.29 is 0 Å². The number of benzene rings is 1. The molecule has 2 N–H and O–H groups in total. The Morgan fingerprint density at radius 1 is 1.17 bits per heavy atom. The lowest BCUT2D eigenvalue weighted by atomic mass is 10.1. The van der Waals surface area contributed by atoms with Crippen LogP contribution in [-0.2, 0) is 19.5 Å². The van der Waals surface area contributed by atoms with Crippen molar-refractivity contribution in [3.63, 3.8) is 0 Å². The highest BCUT2D eigenvalue weighted by Gasteiger charge is 2.12. The highest BCUT2D eigenvalue weighted by Crippen LogP contribution is 2.16. The zero-order valence-corrected chi connectivity index (χ0v) is 21.4. The van der Waals surface area contributed by atoms with Crippen LogP contribution in [0.25, 0.3) is 0 Å². The van der Waals surface area contributed by atoms with Crippen LogP contribution in [0.3, 0.4) is 0 Å². The van der Waals surface area contributed by atoms with Crippen molar-refractivity contribution in [2.24, 2.45) is 10.9 Å². The van der Waals surface area contributed by atoms with Crippen LogP contribution in [0, 0.1) is 12.8 Å². The maximum Gasteiger partial charge on any atom is 0.191 e. The van der Waals surface area contributed by atoms with Gasteiger partial charge in [-0.05, 0) is 38.0 Å². The van der Waals surface area contributed by atoms with E-state index in [2.05, 4.69) is 83.6 Å². The summed E-state index contributed by atoms with van der Waals surface area (Å²) >= 11 is 1.66. The quantitative estimate of drug-likeness (QED) is 0.158. The molecule has 0 fully saturated rings. The van der Waals surface area contributed by atoms with Crippen molar-refractivity contribution in [1.29, 1.82) is 0 Å². The largest absolute Gasteiger partial charge is 0.357 e. The lowest BCUT2D eigenvalue weighted by molar-refractivity contribution is 0.477. The van der Waals surface area contributed by atoms with Gasteiger partial charge in [0.25, 0.3) is 0 Å². The molecular weight excluding hydrogens is 495 g/mol. The van der Waals surface area contributed by atoms with Gasteiger partial charge in [-0.3, -0.25) is 0 Å². The van der Waals surface area contributed by atoms with E-state index >= 15 is 0 Å². The average molecular weight is 531 g/mol. The Morgan fingerprint density at radius 3 is 2.52 bits per heavy atom. The Morgan fingerprint density at radius 2 is 1.90 bits per heavy atom. The molecule has 0 unspecified atom stereocenters. The molecule has 0 saturated heterocycles. The fraction of sp³-hybridized carbons (Fsp3) is 0.571. The van der Waals surface area contributed by atoms with Gasteiger partial charge in [0.2, 0.25) is 0 Å². The van der Waals surface area contributed by atoms with E-state index in [1.54, 1.807) is 11.8 Å². The van der Waals surface area contributed by atoms with Gasteiger partial charge in [-0.15, -0.1) is 34.2 Å². The van der Waals surface area contributed by atoms with E-state index in [1.165, 1.54) is 11.1 Å². The van der Waals surface area contributed by atoms with E-state index in [0.29, 0.717) is 12.5 Å². The van der Waals surface area contributed by atoms with Gasteiger partial charge in [-0.25, -0.2) is 4.99 Å². The summed E-state index contributed by atoms with van der Waals surface area (Å²) in [6.07, 6.45) is 3.95. The lowest BCUT2D eigenvalue weighted by Crippen LogP contribution is -2.37. The van der Waals surface area contributed by atoms with Gasteiger partial charge >= 0.3 is 0 Å². The number of aliphatic imine (C=N–C) groups is 1. The molecule has 162 valence electrons. The maximum atomic E-state index is 4.69. The molecule has 0 aliphatic heterocycles. The molecule has 0 atom stereocenters. The molecule has 0 bridgehead atoms. The highest BCUT2D eigenvalue weighted by molar-refractivity contribution is 14.0. The van der Waals surface area contributed by atoms with E-state index in [9.17, 15) is 0 Å². The third-order valence-corrected chi connectivity index (χ3v) is 4.95. The van der Waals surface area contributed by atoms with Gasteiger partial charge in [0.1, 0.15) is 5.82 Å². The van der Waals surface area contributed by atoms with Gasteiger partial charge in [0, 0.05) is 26.1 Å². The monoisotopic (exact) mass is 530 g/mol. The molecule has 1 aromatic heterocycles. The summed E-state index contributed by atoms with van der Waals surface area (Å²) in [5.41, 5.74) is 2.49. The van der Waals surface area contributed by atoms with Crippen molar-refractivity contribution in [3.8, 4) is 0 Å². The Balaban J connectivity index is 0.00000420. The SMILES string of the molecule is CCNC(=NCc1ccc(C)cc1)NCCCc1nnc(SC)n1CC(C)C.I. The standard InChI is InChI=1S/C21H34N6S.HI/c1-6-22-20(24-14-18-11-9-17(4)10-12-18)23-13-7-8-19-25-26-21(28-5)27(19)15-16(2)3;/h9-12,16H,6-8,13-15H2,1-5H3,(H2,22,23,24);1H. The predicted molar refractivity (Wildman–Crippen MR) is 134 cm³/mol. The van der Waals surface area contributed by atoms with Crippen molar-refractivity contribution in [3.05, 3.63) is 41.2 Å². The first-order valence-electron chi connectivity index (χ1n) is 10.1. The van der Waals surface area contributed by atoms with Gasteiger partial charge < -0.3 is 15.2 Å². The Labute approximate surface area is 196 Å². The van der Waals surface area contributed by atoms with Crippen molar-refractivity contribution in [1.82, 2.24) is 25.4 Å². The van der Waals surface area contributed by atoms with Crippen LogP contribution < -0.4 is 10.6 Å². The zero-order valence-electron chi connectivity index (χ0n) is 18.2. The van der Waals surface area contributed by atoms with Crippen molar-refractivity contribution in [2.45, 2.75) is 58.8 Å². The minimum Gasteiger partial charge on any atom is -0.357 e. The summed E-state index contributed by atoms with van der Waals surface area (Å²) in [7, 11) is 0. The number of hydrogen-bond acceptors (Lipinski definition) is 4. The first-order chi connectivity index (χ1) is 13.5. The number of rotatable bonds is 10. The summed E-state index contributed by atoms with van der Waals surface area (Å²) in [5, 5.41) is 16.5. The molecule has 0 spiro atoms. The summed E-state index contributed by atoms with van der Waals surface area (Å²) in [6.45, 7) is 12.0. The normalized spacial score (nSPS) is 11.4. The van der Waals surface area contributed by atoms with Crippen LogP contribution in [0.1, 0.15) is 44.1 Å². The molecule has 29 heavy (non-hydrogen) atoms. The molecular formula is C21H35IN6S. The minimum absolute atomic E-state index is 0. The maximum absolute atomic E-state index is 4.69. The summed E-state index contributed by atoms with van der Waals surface area (Å²) in [4.78, 5) is 4.69. The number of aromatic nitrogens is 3. The first kappa shape index (κ1) is 25.7. The van der Waals surface area contributed by atoms with Crippen molar-refractivity contribution >= 4 is 41.7 Å². The minimum atomic E-state index is 0. The van der Waals surface area contributed by atoms with Crippen LogP contribution in [0.5, 0.6) is 0 Å². The van der Waals surface area contributed by atoms with E-state index in [1.807, 2.05) is 0 Å². The third-order valence-electron chi connectivity index (χ3n) is 4.28. The molecule has 1 heterocycles. The first-order valence-corrected chi connectivity index (χ1v) is 11.3. The molecule has 0 amide bonds. The molecule has 1 aromatic carbocycles. The number of nitrogens with one attached hydrogen (secondary N) is 2. The number of hydrogen-bond donors (Lipinski definition) is 2. The number of aryl methyl sites for hydroxylation is 2. The summed E-state index contributed by atoms with van der Waals surface area (Å²) < 4.78 is 2.26. The molecule has 6 nitrogen and oxygen atoms in total. The van der Waals surface area contributed by atoms with Gasteiger partial charge in [0.15, 0.2) is 11.1 Å². The number of thioether (sulfide) groups is 1. The third kappa shape index (κ3) is 8.94. The Kier molecular flexibility index (Phi) is 12.3. The molecule has 0 radical (unpaired) electrons. The second-order valence-electron chi connectivity index (χ2n) is 7.32. The van der Waals surface area contributed by atoms with Gasteiger partial charge in [-0.2, -0.15) is 0 Å². The summed E-state index contributed by atoms with van der Waals surface area (Å²) in [5.74, 6) is 2.51. The fourth-order valence-electron chi connectivity index (χ4n) is 2.86. The zero-order chi connectivity index (χ0) is 20.4. The lowest BCUT2D eigenvalue weighted by Gasteiger charge is -2.13. The Bertz CT molecular complexity index is 742. The molecule has 0 aliphatic carbocycles. The molecule has 0 saturated carbocycles. The van der Waals surface area contributed by atoms with E-state index in [0.717, 1.165) is 49.4 Å². The molecule has 0 aliphatic rings. The van der Waals surface area contributed by atoms with Crippen LogP contribution in [0.15, 0.2) is 34.4 Å². The fourth-order valence-corrected chi connectivity index (χ4v) is 3.39. The van der Waals surface area contributed by atoms with E-state index in [4.69, 9.17) is 4.99 Å². The second-order valence-corrected chi connectivity index (χ2v) is 8.09. The Hall–Kier alpha value is -1.29. The molecule has 2 rings (SSSR count). The van der Waals surface area contributed by atoms with Gasteiger partial charge in [-0.1, -0.05) is 55.4 Å². The molecule has 8 heteroatoms. The van der Waals surface area contributed by atoms with E-state index < -0.39 is 0 Å². The average Bonchev–Trinajstić information content (AvgIpc) is 3.05. The number of nitrogens with zero attached hydrogens (tertiary/aromatic N) is 4. The predicted octanol–water partition coefficient (Wildman–Crippen LogP) is 4.27. The number of guanidine groups is 1. The number of halogens is 1. The van der Waals surface area contributed by atoms with Crippen LogP contribution in [0.2, 0.25) is 0 Å². The smallest absolute Gasteiger partial charge is 0.191 e. The van der Waals surface area contributed by atoms with E-state index in [-0.39, 0.29) is 24.0 Å². The molecule has 2 aromatic rings.